The summed E-state index contributed by atoms with van der Waals surface area (Å²) in [5.41, 5.74) is 0. The van der Waals surface area contributed by atoms with Gasteiger partial charge in [-0.15, -0.1) is 0 Å². The Hall–Kier alpha value is -0.570. The molecule has 0 unspecified atom stereocenters. The topological polar surface area (TPSA) is 38.3 Å². The van der Waals surface area contributed by atoms with E-state index in [9.17, 15) is 4.79 Å². The van der Waals surface area contributed by atoms with E-state index >= 15 is 0 Å². The number of carbonyl (C=O) groups excluding carboxylic acids is 1. The molecule has 0 aromatic heterocycles. The lowest BCUT2D eigenvalue weighted by molar-refractivity contribution is -0.122. The maximum Gasteiger partial charge on any atom is 0.220 e. The summed E-state index contributed by atoms with van der Waals surface area (Å²) in [5, 5.41) is 2.88. The standard InChI is InChI=1S/C9H17NO2/c1-7(2)10-9(11)5-8-3-4-12-6-8/h7-8H,3-6H2,1-2H3,(H,10,11)/t8-/m1/s1. The van der Waals surface area contributed by atoms with Crippen molar-refractivity contribution in [2.75, 3.05) is 13.2 Å². The average molecular weight is 171 g/mol. The number of rotatable bonds is 3. The lowest BCUT2D eigenvalue weighted by Gasteiger charge is -2.10. The molecule has 1 rings (SSSR count). The van der Waals surface area contributed by atoms with Crippen LogP contribution in [-0.2, 0) is 9.53 Å². The van der Waals surface area contributed by atoms with Crippen LogP contribution in [-0.4, -0.2) is 25.2 Å². The zero-order valence-corrected chi connectivity index (χ0v) is 7.80. The van der Waals surface area contributed by atoms with E-state index < -0.39 is 0 Å². The van der Waals surface area contributed by atoms with Crippen molar-refractivity contribution in [2.45, 2.75) is 32.7 Å². The highest BCUT2D eigenvalue weighted by Crippen LogP contribution is 2.15. The van der Waals surface area contributed by atoms with Crippen LogP contribution in [0, 0.1) is 5.92 Å². The molecule has 1 saturated heterocycles. The minimum atomic E-state index is 0.153. The average Bonchev–Trinajstić information content (AvgIpc) is 2.37. The summed E-state index contributed by atoms with van der Waals surface area (Å²) in [6.45, 7) is 5.53. The van der Waals surface area contributed by atoms with Gasteiger partial charge in [-0.25, -0.2) is 0 Å². The van der Waals surface area contributed by atoms with Crippen LogP contribution in [0.15, 0.2) is 0 Å². The zero-order valence-electron chi connectivity index (χ0n) is 7.80. The van der Waals surface area contributed by atoms with E-state index in [1.165, 1.54) is 0 Å². The second-order valence-electron chi connectivity index (χ2n) is 3.66. The summed E-state index contributed by atoms with van der Waals surface area (Å²) in [6.07, 6.45) is 1.66. The Morgan fingerprint density at radius 3 is 2.92 bits per heavy atom. The van der Waals surface area contributed by atoms with Crippen LogP contribution >= 0.6 is 0 Å². The van der Waals surface area contributed by atoms with Gasteiger partial charge in [0.15, 0.2) is 0 Å². The van der Waals surface area contributed by atoms with E-state index in [0.717, 1.165) is 19.6 Å². The first kappa shape index (κ1) is 9.52. The van der Waals surface area contributed by atoms with Gasteiger partial charge >= 0.3 is 0 Å². The van der Waals surface area contributed by atoms with E-state index in [1.807, 2.05) is 13.8 Å². The molecule has 0 saturated carbocycles. The predicted octanol–water partition coefficient (Wildman–Crippen LogP) is 0.938. The molecule has 70 valence electrons. The molecule has 0 bridgehead atoms. The molecule has 1 aliphatic heterocycles. The summed E-state index contributed by atoms with van der Waals surface area (Å²) >= 11 is 0. The van der Waals surface area contributed by atoms with Gasteiger partial charge in [-0.2, -0.15) is 0 Å². The SMILES string of the molecule is CC(C)NC(=O)C[C@H]1CCOC1. The van der Waals surface area contributed by atoms with Crippen LogP contribution in [0.25, 0.3) is 0 Å². The summed E-state index contributed by atoms with van der Waals surface area (Å²) in [7, 11) is 0. The first-order valence-corrected chi connectivity index (χ1v) is 4.55. The number of carbonyl (C=O) groups is 1. The molecule has 1 amide bonds. The first-order valence-electron chi connectivity index (χ1n) is 4.55. The molecule has 1 heterocycles. The molecule has 3 heteroatoms. The lowest BCUT2D eigenvalue weighted by Crippen LogP contribution is -2.31. The van der Waals surface area contributed by atoms with Crippen LogP contribution in [0.3, 0.4) is 0 Å². The molecule has 1 atom stereocenters. The Balaban J connectivity index is 2.16. The highest BCUT2D eigenvalue weighted by Gasteiger charge is 2.18. The molecule has 0 radical (unpaired) electrons. The fourth-order valence-corrected chi connectivity index (χ4v) is 1.39. The van der Waals surface area contributed by atoms with Gasteiger partial charge in [0.25, 0.3) is 0 Å². The summed E-state index contributed by atoms with van der Waals surface area (Å²) < 4.78 is 5.18. The van der Waals surface area contributed by atoms with Gasteiger partial charge in [0, 0.05) is 25.7 Å². The molecule has 0 aromatic rings. The monoisotopic (exact) mass is 171 g/mol. The Morgan fingerprint density at radius 2 is 2.42 bits per heavy atom. The zero-order chi connectivity index (χ0) is 8.97. The third-order valence-corrected chi connectivity index (χ3v) is 1.95. The van der Waals surface area contributed by atoms with Crippen molar-refractivity contribution < 1.29 is 9.53 Å². The molecule has 1 aliphatic rings. The second-order valence-corrected chi connectivity index (χ2v) is 3.66. The number of nitrogens with one attached hydrogen (secondary N) is 1. The summed E-state index contributed by atoms with van der Waals surface area (Å²) in [4.78, 5) is 11.2. The third-order valence-electron chi connectivity index (χ3n) is 1.95. The minimum absolute atomic E-state index is 0.153. The molecule has 1 N–H and O–H groups in total. The van der Waals surface area contributed by atoms with Crippen LogP contribution in [0.4, 0.5) is 0 Å². The predicted molar refractivity (Wildman–Crippen MR) is 46.8 cm³/mol. The van der Waals surface area contributed by atoms with Gasteiger partial charge in [-0.3, -0.25) is 4.79 Å². The maximum absolute atomic E-state index is 11.2. The second kappa shape index (κ2) is 4.45. The van der Waals surface area contributed by atoms with Gasteiger partial charge in [0.05, 0.1) is 0 Å². The van der Waals surface area contributed by atoms with E-state index in [-0.39, 0.29) is 11.9 Å². The van der Waals surface area contributed by atoms with Gasteiger partial charge < -0.3 is 10.1 Å². The lowest BCUT2D eigenvalue weighted by atomic mass is 10.0. The molecule has 12 heavy (non-hydrogen) atoms. The van der Waals surface area contributed by atoms with Crippen molar-refractivity contribution in [3.63, 3.8) is 0 Å². The fourth-order valence-electron chi connectivity index (χ4n) is 1.39. The molecule has 1 fully saturated rings. The Morgan fingerprint density at radius 1 is 1.67 bits per heavy atom. The molecule has 0 aliphatic carbocycles. The van der Waals surface area contributed by atoms with Gasteiger partial charge in [0.2, 0.25) is 5.91 Å². The van der Waals surface area contributed by atoms with Gasteiger partial charge in [0.1, 0.15) is 0 Å². The minimum Gasteiger partial charge on any atom is -0.381 e. The van der Waals surface area contributed by atoms with E-state index in [0.29, 0.717) is 12.3 Å². The number of hydrogen-bond donors (Lipinski definition) is 1. The Kier molecular flexibility index (Phi) is 3.53. The molecule has 0 aromatic carbocycles. The number of ether oxygens (including phenoxy) is 1. The normalized spacial score (nSPS) is 23.1. The molecular formula is C9H17NO2. The van der Waals surface area contributed by atoms with Crippen molar-refractivity contribution in [2.24, 2.45) is 5.92 Å². The quantitative estimate of drug-likeness (QED) is 0.686. The van der Waals surface area contributed by atoms with Crippen LogP contribution < -0.4 is 5.32 Å². The molecule has 3 nitrogen and oxygen atoms in total. The third kappa shape index (κ3) is 3.22. The van der Waals surface area contributed by atoms with E-state index in [4.69, 9.17) is 4.74 Å². The van der Waals surface area contributed by atoms with E-state index in [1.54, 1.807) is 0 Å². The van der Waals surface area contributed by atoms with E-state index in [2.05, 4.69) is 5.32 Å². The smallest absolute Gasteiger partial charge is 0.220 e. The van der Waals surface area contributed by atoms with Crippen molar-refractivity contribution >= 4 is 5.91 Å². The number of hydrogen-bond acceptors (Lipinski definition) is 2. The Bertz CT molecular complexity index is 151. The summed E-state index contributed by atoms with van der Waals surface area (Å²) in [5.74, 6) is 0.601. The summed E-state index contributed by atoms with van der Waals surface area (Å²) in [6, 6.07) is 0.250. The van der Waals surface area contributed by atoms with Crippen LogP contribution in [0.1, 0.15) is 26.7 Å². The highest BCUT2D eigenvalue weighted by molar-refractivity contribution is 5.76. The fraction of sp³-hybridized carbons (Fsp3) is 0.889. The molecule has 0 spiro atoms. The van der Waals surface area contributed by atoms with Crippen molar-refractivity contribution in [3.8, 4) is 0 Å². The van der Waals surface area contributed by atoms with Crippen LogP contribution in [0.5, 0.6) is 0 Å². The van der Waals surface area contributed by atoms with Crippen molar-refractivity contribution in [1.29, 1.82) is 0 Å². The van der Waals surface area contributed by atoms with Gasteiger partial charge in [-0.05, 0) is 26.2 Å². The largest absolute Gasteiger partial charge is 0.381 e. The van der Waals surface area contributed by atoms with Crippen molar-refractivity contribution in [3.05, 3.63) is 0 Å². The molecular weight excluding hydrogens is 154 g/mol. The maximum atomic E-state index is 11.2. The van der Waals surface area contributed by atoms with Crippen molar-refractivity contribution in [1.82, 2.24) is 5.32 Å². The Labute approximate surface area is 73.5 Å². The number of amides is 1. The first-order chi connectivity index (χ1) is 5.68. The van der Waals surface area contributed by atoms with Gasteiger partial charge in [-0.1, -0.05) is 0 Å². The van der Waals surface area contributed by atoms with Crippen LogP contribution in [0.2, 0.25) is 0 Å². The highest BCUT2D eigenvalue weighted by atomic mass is 16.5.